The minimum absolute atomic E-state index is 0.0550. The molecule has 0 bridgehead atoms. The third kappa shape index (κ3) is 3.00. The van der Waals surface area contributed by atoms with Crippen LogP contribution in [0.4, 0.5) is 0 Å². The van der Waals surface area contributed by atoms with Crippen molar-refractivity contribution in [2.75, 3.05) is 13.6 Å². The zero-order valence-electron chi connectivity index (χ0n) is 12.2. The van der Waals surface area contributed by atoms with Gasteiger partial charge in [-0.2, -0.15) is 0 Å². The van der Waals surface area contributed by atoms with Gasteiger partial charge in [0.05, 0.1) is 16.7 Å². The van der Waals surface area contributed by atoms with Crippen molar-refractivity contribution in [2.24, 2.45) is 5.73 Å². The van der Waals surface area contributed by atoms with Gasteiger partial charge in [-0.15, -0.1) is 11.3 Å². The average molecular weight is 301 g/mol. The van der Waals surface area contributed by atoms with Crippen LogP contribution in [-0.2, 0) is 6.54 Å². The molecule has 0 radical (unpaired) electrons. The third-order valence-electron chi connectivity index (χ3n) is 3.61. The first kappa shape index (κ1) is 14.3. The molecule has 0 spiro atoms. The summed E-state index contributed by atoms with van der Waals surface area (Å²) < 4.78 is 5.95. The quantitative estimate of drug-likeness (QED) is 0.785. The summed E-state index contributed by atoms with van der Waals surface area (Å²) in [6.45, 7) is 3.30. The molecule has 4 nitrogen and oxygen atoms in total. The Bertz CT molecular complexity index is 701. The molecule has 110 valence electrons. The molecule has 5 heteroatoms. The Labute approximate surface area is 128 Å². The van der Waals surface area contributed by atoms with E-state index in [1.54, 1.807) is 11.3 Å². The second-order valence-corrected chi connectivity index (χ2v) is 6.27. The van der Waals surface area contributed by atoms with Gasteiger partial charge in [0.1, 0.15) is 11.3 Å². The number of benzene rings is 1. The number of aromatic nitrogens is 1. The standard InChI is InChI=1S/C16H19N3OS/c1-11-18-13(10-21-11)9-19(2)14(8-17)16-7-12-5-3-4-6-15(12)20-16/h3-7,10,14H,8-9,17H2,1-2H3. The van der Waals surface area contributed by atoms with Gasteiger partial charge in [-0.25, -0.2) is 4.98 Å². The molecule has 1 unspecified atom stereocenters. The molecule has 1 aromatic carbocycles. The molecule has 2 heterocycles. The van der Waals surface area contributed by atoms with Gasteiger partial charge < -0.3 is 10.2 Å². The van der Waals surface area contributed by atoms with Gasteiger partial charge in [-0.1, -0.05) is 18.2 Å². The second-order valence-electron chi connectivity index (χ2n) is 5.21. The van der Waals surface area contributed by atoms with Gasteiger partial charge in [0.15, 0.2) is 0 Å². The number of rotatable bonds is 5. The van der Waals surface area contributed by atoms with Crippen molar-refractivity contribution in [1.82, 2.24) is 9.88 Å². The first-order valence-corrected chi connectivity index (χ1v) is 7.85. The number of hydrogen-bond acceptors (Lipinski definition) is 5. The van der Waals surface area contributed by atoms with E-state index in [2.05, 4.69) is 34.4 Å². The Hall–Kier alpha value is -1.69. The van der Waals surface area contributed by atoms with E-state index in [9.17, 15) is 0 Å². The Balaban J connectivity index is 1.83. The maximum absolute atomic E-state index is 5.97. The fraction of sp³-hybridized carbons (Fsp3) is 0.312. The van der Waals surface area contributed by atoms with Crippen LogP contribution in [0, 0.1) is 6.92 Å². The fourth-order valence-corrected chi connectivity index (χ4v) is 3.13. The highest BCUT2D eigenvalue weighted by Gasteiger charge is 2.20. The maximum atomic E-state index is 5.97. The summed E-state index contributed by atoms with van der Waals surface area (Å²) in [5, 5.41) is 4.30. The molecule has 3 rings (SSSR count). The SMILES string of the molecule is Cc1nc(CN(C)C(CN)c2cc3ccccc3o2)cs1. The van der Waals surface area contributed by atoms with E-state index in [4.69, 9.17) is 10.2 Å². The molecule has 21 heavy (non-hydrogen) atoms. The van der Waals surface area contributed by atoms with Crippen LogP contribution < -0.4 is 5.73 Å². The minimum Gasteiger partial charge on any atom is -0.459 e. The summed E-state index contributed by atoms with van der Waals surface area (Å²) in [4.78, 5) is 6.70. The minimum atomic E-state index is 0.0550. The van der Waals surface area contributed by atoms with Crippen LogP contribution in [0.25, 0.3) is 11.0 Å². The van der Waals surface area contributed by atoms with Crippen LogP contribution in [0.3, 0.4) is 0 Å². The highest BCUT2D eigenvalue weighted by Crippen LogP contribution is 2.27. The van der Waals surface area contributed by atoms with E-state index < -0.39 is 0 Å². The first-order valence-electron chi connectivity index (χ1n) is 6.97. The second kappa shape index (κ2) is 5.97. The zero-order valence-corrected chi connectivity index (χ0v) is 13.1. The molecule has 2 aromatic heterocycles. The summed E-state index contributed by atoms with van der Waals surface area (Å²) in [6.07, 6.45) is 0. The van der Waals surface area contributed by atoms with Gasteiger partial charge in [0, 0.05) is 23.9 Å². The van der Waals surface area contributed by atoms with Crippen molar-refractivity contribution in [3.63, 3.8) is 0 Å². The van der Waals surface area contributed by atoms with Crippen molar-refractivity contribution in [1.29, 1.82) is 0 Å². The summed E-state index contributed by atoms with van der Waals surface area (Å²) in [7, 11) is 2.05. The predicted octanol–water partition coefficient (Wildman–Crippen LogP) is 3.33. The highest BCUT2D eigenvalue weighted by atomic mass is 32.1. The largest absolute Gasteiger partial charge is 0.459 e. The lowest BCUT2D eigenvalue weighted by molar-refractivity contribution is 0.214. The normalized spacial score (nSPS) is 13.1. The molecular weight excluding hydrogens is 282 g/mol. The van der Waals surface area contributed by atoms with Crippen LogP contribution in [0.2, 0.25) is 0 Å². The third-order valence-corrected chi connectivity index (χ3v) is 4.43. The van der Waals surface area contributed by atoms with Crippen molar-refractivity contribution in [2.45, 2.75) is 19.5 Å². The maximum Gasteiger partial charge on any atom is 0.134 e. The molecule has 0 saturated carbocycles. The zero-order chi connectivity index (χ0) is 14.8. The number of aryl methyl sites for hydroxylation is 1. The molecule has 2 N–H and O–H groups in total. The molecule has 0 amide bonds. The number of nitrogens with two attached hydrogens (primary N) is 1. The summed E-state index contributed by atoms with van der Waals surface area (Å²) in [5.74, 6) is 0.910. The van der Waals surface area contributed by atoms with E-state index >= 15 is 0 Å². The highest BCUT2D eigenvalue weighted by molar-refractivity contribution is 7.09. The Morgan fingerprint density at radius 3 is 2.86 bits per heavy atom. The van der Waals surface area contributed by atoms with E-state index in [0.717, 1.165) is 34.0 Å². The van der Waals surface area contributed by atoms with E-state index in [0.29, 0.717) is 6.54 Å². The molecule has 0 aliphatic heterocycles. The molecule has 0 saturated heterocycles. The predicted molar refractivity (Wildman–Crippen MR) is 86.3 cm³/mol. The number of thiazole rings is 1. The van der Waals surface area contributed by atoms with Gasteiger partial charge >= 0.3 is 0 Å². The van der Waals surface area contributed by atoms with E-state index in [1.807, 2.05) is 25.1 Å². The molecule has 3 aromatic rings. The number of para-hydroxylation sites is 1. The van der Waals surface area contributed by atoms with Gasteiger partial charge in [-0.3, -0.25) is 4.90 Å². The van der Waals surface area contributed by atoms with Gasteiger partial charge in [0.25, 0.3) is 0 Å². The number of likely N-dealkylation sites (N-methyl/N-ethyl adjacent to an activating group) is 1. The first-order chi connectivity index (χ1) is 10.2. The van der Waals surface area contributed by atoms with E-state index in [-0.39, 0.29) is 6.04 Å². The van der Waals surface area contributed by atoms with E-state index in [1.165, 1.54) is 0 Å². The van der Waals surface area contributed by atoms with Crippen molar-refractivity contribution < 1.29 is 4.42 Å². The van der Waals surface area contributed by atoms with Crippen molar-refractivity contribution >= 4 is 22.3 Å². The van der Waals surface area contributed by atoms with Crippen molar-refractivity contribution in [3.8, 4) is 0 Å². The lowest BCUT2D eigenvalue weighted by Gasteiger charge is -2.24. The summed E-state index contributed by atoms with van der Waals surface area (Å²) >= 11 is 1.67. The Kier molecular flexibility index (Phi) is 4.05. The molecule has 0 aliphatic carbocycles. The lowest BCUT2D eigenvalue weighted by Crippen LogP contribution is -2.30. The number of nitrogens with zero attached hydrogens (tertiary/aromatic N) is 2. The average Bonchev–Trinajstić information content (AvgIpc) is 3.05. The van der Waals surface area contributed by atoms with Crippen LogP contribution in [0.5, 0.6) is 0 Å². The topological polar surface area (TPSA) is 55.3 Å². The lowest BCUT2D eigenvalue weighted by atomic mass is 10.1. The summed E-state index contributed by atoms with van der Waals surface area (Å²) in [6, 6.07) is 10.2. The fourth-order valence-electron chi connectivity index (χ4n) is 2.53. The number of furan rings is 1. The van der Waals surface area contributed by atoms with Gasteiger partial charge in [-0.05, 0) is 26.1 Å². The molecule has 1 atom stereocenters. The van der Waals surface area contributed by atoms with Crippen LogP contribution in [-0.4, -0.2) is 23.5 Å². The molecular formula is C16H19N3OS. The van der Waals surface area contributed by atoms with Crippen LogP contribution in [0.1, 0.15) is 22.5 Å². The van der Waals surface area contributed by atoms with Crippen LogP contribution >= 0.6 is 11.3 Å². The van der Waals surface area contributed by atoms with Crippen LogP contribution in [0.15, 0.2) is 40.1 Å². The Morgan fingerprint density at radius 1 is 1.38 bits per heavy atom. The van der Waals surface area contributed by atoms with Crippen molar-refractivity contribution in [3.05, 3.63) is 52.2 Å². The Morgan fingerprint density at radius 2 is 2.19 bits per heavy atom. The number of hydrogen-bond donors (Lipinski definition) is 1. The number of fused-ring (bicyclic) bond motifs is 1. The summed E-state index contributed by atoms with van der Waals surface area (Å²) in [5.41, 5.74) is 7.95. The smallest absolute Gasteiger partial charge is 0.134 e. The molecule has 0 fully saturated rings. The molecule has 0 aliphatic rings. The monoisotopic (exact) mass is 301 g/mol. The van der Waals surface area contributed by atoms with Gasteiger partial charge in [0.2, 0.25) is 0 Å².